The van der Waals surface area contributed by atoms with Gasteiger partial charge in [-0.2, -0.15) is 17.4 Å². The summed E-state index contributed by atoms with van der Waals surface area (Å²) in [4.78, 5) is 0. The van der Waals surface area contributed by atoms with Crippen molar-refractivity contribution in [1.82, 2.24) is 9.03 Å². The molecule has 0 fully saturated rings. The highest BCUT2D eigenvalue weighted by Crippen LogP contribution is 1.99. The number of allylic oxidation sites excluding steroid dienone is 1. The van der Waals surface area contributed by atoms with Crippen molar-refractivity contribution in [3.05, 3.63) is 12.2 Å². The van der Waals surface area contributed by atoms with Crippen molar-refractivity contribution < 1.29 is 8.42 Å². The van der Waals surface area contributed by atoms with Crippen LogP contribution in [0.25, 0.3) is 0 Å². The summed E-state index contributed by atoms with van der Waals surface area (Å²) in [7, 11) is -1.81. The highest BCUT2D eigenvalue weighted by atomic mass is 35.5. The monoisotopic (exact) mass is 240 g/mol. The summed E-state index contributed by atoms with van der Waals surface area (Å²) in [5, 5.41) is 0. The number of alkyl halides is 1. The Morgan fingerprint density at radius 2 is 2.00 bits per heavy atom. The molecule has 0 aliphatic rings. The first-order chi connectivity index (χ1) is 6.41. The zero-order chi connectivity index (χ0) is 11.2. The number of hydrogen-bond acceptors (Lipinski definition) is 2. The number of hydrogen-bond donors (Lipinski definition) is 1. The average molecular weight is 241 g/mol. The van der Waals surface area contributed by atoms with Crippen LogP contribution >= 0.6 is 11.6 Å². The standard InChI is InChI=1S/C8H17ClN2O2S/c1-8(2)11(3)14(12,13)10-7-5-4-6-9/h4-5,8,10H,6-7H2,1-3H3/b5-4+. The van der Waals surface area contributed by atoms with E-state index in [4.69, 9.17) is 11.6 Å². The molecule has 0 saturated carbocycles. The first kappa shape index (κ1) is 13.9. The first-order valence-corrected chi connectivity index (χ1v) is 6.33. The van der Waals surface area contributed by atoms with Crippen LogP contribution in [0, 0.1) is 0 Å². The molecular formula is C8H17ClN2O2S. The Labute approximate surface area is 91.1 Å². The quantitative estimate of drug-likeness (QED) is 0.555. The summed E-state index contributed by atoms with van der Waals surface area (Å²) in [5.74, 6) is 0.391. The normalized spacial score (nSPS) is 13.3. The molecule has 0 aliphatic heterocycles. The van der Waals surface area contributed by atoms with Gasteiger partial charge in [0.05, 0.1) is 0 Å². The summed E-state index contributed by atoms with van der Waals surface area (Å²) in [5.41, 5.74) is 0. The van der Waals surface area contributed by atoms with Gasteiger partial charge in [0.2, 0.25) is 0 Å². The molecular weight excluding hydrogens is 224 g/mol. The van der Waals surface area contributed by atoms with Crippen molar-refractivity contribution in [2.45, 2.75) is 19.9 Å². The lowest BCUT2D eigenvalue weighted by molar-refractivity contribution is 0.404. The van der Waals surface area contributed by atoms with Gasteiger partial charge in [0.15, 0.2) is 0 Å². The number of nitrogens with zero attached hydrogens (tertiary/aromatic N) is 1. The molecule has 0 atom stereocenters. The molecule has 0 aromatic heterocycles. The molecule has 0 spiro atoms. The second kappa shape index (κ2) is 6.40. The van der Waals surface area contributed by atoms with Gasteiger partial charge < -0.3 is 0 Å². The second-order valence-electron chi connectivity index (χ2n) is 3.09. The van der Waals surface area contributed by atoms with Crippen LogP contribution in [0.4, 0.5) is 0 Å². The minimum Gasteiger partial charge on any atom is -0.198 e. The highest BCUT2D eigenvalue weighted by Gasteiger charge is 2.18. The summed E-state index contributed by atoms with van der Waals surface area (Å²) < 4.78 is 26.7. The zero-order valence-electron chi connectivity index (χ0n) is 8.70. The van der Waals surface area contributed by atoms with Crippen LogP contribution in [0.1, 0.15) is 13.8 Å². The van der Waals surface area contributed by atoms with Gasteiger partial charge >= 0.3 is 0 Å². The van der Waals surface area contributed by atoms with Gasteiger partial charge in [-0.3, -0.25) is 0 Å². The fraction of sp³-hybridized carbons (Fsp3) is 0.750. The Hall–Kier alpha value is -0.100. The van der Waals surface area contributed by atoms with E-state index in [0.29, 0.717) is 5.88 Å². The molecule has 0 aliphatic carbocycles. The van der Waals surface area contributed by atoms with Gasteiger partial charge in [0.1, 0.15) is 0 Å². The van der Waals surface area contributed by atoms with Gasteiger partial charge in [-0.05, 0) is 13.8 Å². The first-order valence-electron chi connectivity index (χ1n) is 4.35. The molecule has 0 aromatic rings. The largest absolute Gasteiger partial charge is 0.279 e. The fourth-order valence-electron chi connectivity index (χ4n) is 0.679. The Bertz CT molecular complexity index is 275. The molecule has 0 unspecified atom stereocenters. The molecule has 0 amide bonds. The third-order valence-corrected chi connectivity index (χ3v) is 3.64. The van der Waals surface area contributed by atoms with Crippen LogP contribution in [0.5, 0.6) is 0 Å². The van der Waals surface area contributed by atoms with Gasteiger partial charge in [-0.25, -0.2) is 0 Å². The van der Waals surface area contributed by atoms with Crippen LogP contribution in [0.2, 0.25) is 0 Å². The lowest BCUT2D eigenvalue weighted by atomic mass is 10.4. The van der Waals surface area contributed by atoms with Crippen molar-refractivity contribution in [3.63, 3.8) is 0 Å². The molecule has 0 aromatic carbocycles. The Morgan fingerprint density at radius 3 is 2.43 bits per heavy atom. The third kappa shape index (κ3) is 4.95. The molecule has 0 bridgehead atoms. The van der Waals surface area contributed by atoms with Crippen molar-refractivity contribution in [2.24, 2.45) is 0 Å². The second-order valence-corrected chi connectivity index (χ2v) is 5.21. The van der Waals surface area contributed by atoms with Crippen molar-refractivity contribution in [1.29, 1.82) is 0 Å². The highest BCUT2D eigenvalue weighted by molar-refractivity contribution is 7.87. The molecule has 0 heterocycles. The minimum atomic E-state index is -3.35. The summed E-state index contributed by atoms with van der Waals surface area (Å²) in [6.07, 6.45) is 3.37. The van der Waals surface area contributed by atoms with Crippen molar-refractivity contribution in [2.75, 3.05) is 19.5 Å². The van der Waals surface area contributed by atoms with E-state index in [-0.39, 0.29) is 12.6 Å². The predicted molar refractivity (Wildman–Crippen MR) is 59.7 cm³/mol. The van der Waals surface area contributed by atoms with Crippen LogP contribution in [0.3, 0.4) is 0 Å². The molecule has 6 heteroatoms. The SMILES string of the molecule is CC(C)N(C)S(=O)(=O)NC/C=C/CCl. The van der Waals surface area contributed by atoms with E-state index in [9.17, 15) is 8.42 Å². The van der Waals surface area contributed by atoms with Crippen LogP contribution in [-0.2, 0) is 10.2 Å². The molecule has 1 N–H and O–H groups in total. The number of halogens is 1. The van der Waals surface area contributed by atoms with Crippen molar-refractivity contribution >= 4 is 21.8 Å². The topological polar surface area (TPSA) is 49.4 Å². The lowest BCUT2D eigenvalue weighted by Gasteiger charge is -2.20. The molecule has 0 rings (SSSR count). The summed E-state index contributed by atoms with van der Waals surface area (Å²) in [6.45, 7) is 3.90. The van der Waals surface area contributed by atoms with Crippen LogP contribution < -0.4 is 4.72 Å². The molecule has 84 valence electrons. The van der Waals surface area contributed by atoms with Crippen molar-refractivity contribution in [3.8, 4) is 0 Å². The molecule has 0 saturated heterocycles. The van der Waals surface area contributed by atoms with Gasteiger partial charge in [0, 0.05) is 25.5 Å². The third-order valence-electron chi connectivity index (χ3n) is 1.75. The van der Waals surface area contributed by atoms with E-state index in [2.05, 4.69) is 4.72 Å². The lowest BCUT2D eigenvalue weighted by Crippen LogP contribution is -2.41. The van der Waals surface area contributed by atoms with E-state index in [1.807, 2.05) is 13.8 Å². The van der Waals surface area contributed by atoms with Gasteiger partial charge in [-0.15, -0.1) is 11.6 Å². The molecule has 14 heavy (non-hydrogen) atoms. The summed E-state index contributed by atoms with van der Waals surface area (Å²) in [6, 6.07) is -0.0514. The van der Waals surface area contributed by atoms with Crippen LogP contribution in [-0.4, -0.2) is 38.2 Å². The fourth-order valence-corrected chi connectivity index (χ4v) is 1.87. The Balaban J connectivity index is 4.15. The maximum atomic E-state index is 11.5. The maximum Gasteiger partial charge on any atom is 0.279 e. The van der Waals surface area contributed by atoms with E-state index >= 15 is 0 Å². The van der Waals surface area contributed by atoms with Crippen LogP contribution in [0.15, 0.2) is 12.2 Å². The smallest absolute Gasteiger partial charge is 0.198 e. The van der Waals surface area contributed by atoms with E-state index in [0.717, 1.165) is 0 Å². The Kier molecular flexibility index (Phi) is 6.35. The number of rotatable bonds is 6. The van der Waals surface area contributed by atoms with E-state index in [1.54, 1.807) is 12.2 Å². The number of nitrogens with one attached hydrogen (secondary N) is 1. The van der Waals surface area contributed by atoms with Gasteiger partial charge in [-0.1, -0.05) is 12.2 Å². The maximum absolute atomic E-state index is 11.5. The van der Waals surface area contributed by atoms with Gasteiger partial charge in [0.25, 0.3) is 10.2 Å². The molecule has 0 radical (unpaired) electrons. The average Bonchev–Trinajstić information content (AvgIpc) is 2.11. The Morgan fingerprint density at radius 1 is 1.43 bits per heavy atom. The molecule has 4 nitrogen and oxygen atoms in total. The minimum absolute atomic E-state index is 0.0514. The van der Waals surface area contributed by atoms with E-state index < -0.39 is 10.2 Å². The van der Waals surface area contributed by atoms with E-state index in [1.165, 1.54) is 11.4 Å². The summed E-state index contributed by atoms with van der Waals surface area (Å²) >= 11 is 5.39. The zero-order valence-corrected chi connectivity index (χ0v) is 10.3. The predicted octanol–water partition coefficient (Wildman–Crippen LogP) is 0.956.